The van der Waals surface area contributed by atoms with Gasteiger partial charge in [0.1, 0.15) is 11.6 Å². The summed E-state index contributed by atoms with van der Waals surface area (Å²) in [5, 5.41) is 3.38. The Morgan fingerprint density at radius 2 is 2.18 bits per heavy atom. The van der Waals surface area contributed by atoms with Crippen LogP contribution < -0.4 is 11.1 Å². The molecule has 17 heavy (non-hydrogen) atoms. The second kappa shape index (κ2) is 5.87. The first-order chi connectivity index (χ1) is 8.28. The summed E-state index contributed by atoms with van der Waals surface area (Å²) in [6, 6.07) is 5.72. The predicted molar refractivity (Wildman–Crippen MR) is 72.0 cm³/mol. The van der Waals surface area contributed by atoms with Gasteiger partial charge >= 0.3 is 0 Å². The molecule has 0 atom stereocenters. The summed E-state index contributed by atoms with van der Waals surface area (Å²) >= 11 is 0. The van der Waals surface area contributed by atoms with Crippen molar-refractivity contribution >= 4 is 11.6 Å². The van der Waals surface area contributed by atoms with E-state index in [-0.39, 0.29) is 0 Å². The molecule has 2 rings (SSSR count). The highest BCUT2D eigenvalue weighted by Crippen LogP contribution is 2.17. The van der Waals surface area contributed by atoms with E-state index in [4.69, 9.17) is 5.73 Å². The van der Waals surface area contributed by atoms with Gasteiger partial charge in [-0.15, -0.1) is 0 Å². The van der Waals surface area contributed by atoms with Crippen LogP contribution in [0.2, 0.25) is 0 Å². The predicted octanol–water partition coefficient (Wildman–Crippen LogP) is 1.81. The summed E-state index contributed by atoms with van der Waals surface area (Å²) in [7, 11) is 0. The van der Waals surface area contributed by atoms with Crippen molar-refractivity contribution in [3.05, 3.63) is 18.2 Å². The van der Waals surface area contributed by atoms with E-state index in [0.29, 0.717) is 5.82 Å². The van der Waals surface area contributed by atoms with Crippen LogP contribution in [0, 0.1) is 5.92 Å². The zero-order valence-corrected chi connectivity index (χ0v) is 10.5. The fourth-order valence-electron chi connectivity index (χ4n) is 2.31. The Bertz CT molecular complexity index is 345. The lowest BCUT2D eigenvalue weighted by Crippen LogP contribution is -2.35. The zero-order chi connectivity index (χ0) is 12.1. The summed E-state index contributed by atoms with van der Waals surface area (Å²) in [6.07, 6.45) is 2.56. The third-order valence-corrected chi connectivity index (χ3v) is 3.50. The second-order valence-electron chi connectivity index (χ2n) is 4.71. The summed E-state index contributed by atoms with van der Waals surface area (Å²) < 4.78 is 0. The minimum Gasteiger partial charge on any atom is -0.384 e. The minimum absolute atomic E-state index is 0.579. The number of piperidine rings is 1. The van der Waals surface area contributed by atoms with Crippen molar-refractivity contribution < 1.29 is 0 Å². The molecule has 0 saturated carbocycles. The number of pyridine rings is 1. The van der Waals surface area contributed by atoms with Gasteiger partial charge in [0.2, 0.25) is 0 Å². The molecule has 0 unspecified atom stereocenters. The molecule has 0 aliphatic carbocycles. The highest BCUT2D eigenvalue weighted by atomic mass is 15.1. The van der Waals surface area contributed by atoms with E-state index in [9.17, 15) is 0 Å². The second-order valence-corrected chi connectivity index (χ2v) is 4.71. The fourth-order valence-corrected chi connectivity index (χ4v) is 2.31. The Kier molecular flexibility index (Phi) is 4.20. The molecule has 0 spiro atoms. The van der Waals surface area contributed by atoms with E-state index >= 15 is 0 Å². The maximum Gasteiger partial charge on any atom is 0.128 e. The van der Waals surface area contributed by atoms with Crippen molar-refractivity contribution in [1.29, 1.82) is 0 Å². The van der Waals surface area contributed by atoms with Crippen LogP contribution in [-0.2, 0) is 0 Å². The number of hydrogen-bond donors (Lipinski definition) is 2. The average Bonchev–Trinajstić information content (AvgIpc) is 2.37. The van der Waals surface area contributed by atoms with Crippen LogP contribution in [0.1, 0.15) is 19.8 Å². The van der Waals surface area contributed by atoms with Crippen LogP contribution in [0.5, 0.6) is 0 Å². The normalized spacial score (nSPS) is 18.2. The number of aromatic nitrogens is 1. The Balaban J connectivity index is 1.76. The van der Waals surface area contributed by atoms with Crippen LogP contribution in [0.4, 0.5) is 11.6 Å². The Hall–Kier alpha value is -1.29. The van der Waals surface area contributed by atoms with Gasteiger partial charge in [-0.1, -0.05) is 13.0 Å². The number of rotatable bonds is 4. The van der Waals surface area contributed by atoms with Gasteiger partial charge in [0, 0.05) is 6.54 Å². The number of hydrogen-bond acceptors (Lipinski definition) is 4. The lowest BCUT2D eigenvalue weighted by atomic mass is 9.97. The third-order valence-electron chi connectivity index (χ3n) is 3.50. The van der Waals surface area contributed by atoms with Crippen molar-refractivity contribution in [2.24, 2.45) is 5.92 Å². The van der Waals surface area contributed by atoms with Crippen molar-refractivity contribution in [2.45, 2.75) is 19.8 Å². The summed E-state index contributed by atoms with van der Waals surface area (Å²) in [4.78, 5) is 6.75. The number of nitrogens with one attached hydrogen (secondary N) is 1. The number of anilines is 2. The van der Waals surface area contributed by atoms with Crippen molar-refractivity contribution in [3.8, 4) is 0 Å². The van der Waals surface area contributed by atoms with Gasteiger partial charge in [0.15, 0.2) is 0 Å². The van der Waals surface area contributed by atoms with Gasteiger partial charge < -0.3 is 16.0 Å². The Morgan fingerprint density at radius 3 is 2.82 bits per heavy atom. The molecule has 0 bridgehead atoms. The molecular weight excluding hydrogens is 212 g/mol. The largest absolute Gasteiger partial charge is 0.384 e. The quantitative estimate of drug-likeness (QED) is 0.834. The van der Waals surface area contributed by atoms with Gasteiger partial charge in [0.25, 0.3) is 0 Å². The molecular formula is C13H22N4. The van der Waals surface area contributed by atoms with E-state index in [1.807, 2.05) is 18.2 Å². The third kappa shape index (κ3) is 3.60. The first-order valence-electron chi connectivity index (χ1n) is 6.46. The van der Waals surface area contributed by atoms with Gasteiger partial charge in [0.05, 0.1) is 0 Å². The molecule has 0 radical (unpaired) electrons. The molecule has 94 valence electrons. The molecule has 4 nitrogen and oxygen atoms in total. The van der Waals surface area contributed by atoms with Crippen molar-refractivity contribution in [3.63, 3.8) is 0 Å². The molecule has 4 heteroatoms. The topological polar surface area (TPSA) is 54.2 Å². The minimum atomic E-state index is 0.579. The standard InChI is InChI=1S/C13H22N4/c1-2-17-8-6-11(7-9-17)10-15-13-5-3-4-12(14)16-13/h3-5,11H,2,6-10H2,1H3,(H3,14,15,16). The average molecular weight is 234 g/mol. The van der Waals surface area contributed by atoms with Crippen LogP contribution >= 0.6 is 0 Å². The van der Waals surface area contributed by atoms with Gasteiger partial charge in [-0.2, -0.15) is 0 Å². The SMILES string of the molecule is CCN1CCC(CNc2cccc(N)n2)CC1. The van der Waals surface area contributed by atoms with Crippen molar-refractivity contribution in [2.75, 3.05) is 37.2 Å². The maximum absolute atomic E-state index is 5.65. The van der Waals surface area contributed by atoms with E-state index in [1.54, 1.807) is 0 Å². The zero-order valence-electron chi connectivity index (χ0n) is 10.5. The lowest BCUT2D eigenvalue weighted by molar-refractivity contribution is 0.198. The first-order valence-corrected chi connectivity index (χ1v) is 6.46. The lowest BCUT2D eigenvalue weighted by Gasteiger charge is -2.31. The monoisotopic (exact) mass is 234 g/mol. The fraction of sp³-hybridized carbons (Fsp3) is 0.615. The van der Waals surface area contributed by atoms with Crippen molar-refractivity contribution in [1.82, 2.24) is 9.88 Å². The van der Waals surface area contributed by atoms with Gasteiger partial charge in [-0.3, -0.25) is 0 Å². The number of likely N-dealkylation sites (tertiary alicyclic amines) is 1. The highest BCUT2D eigenvalue weighted by Gasteiger charge is 2.17. The molecule has 1 aliphatic heterocycles. The van der Waals surface area contributed by atoms with Crippen LogP contribution in [0.25, 0.3) is 0 Å². The van der Waals surface area contributed by atoms with E-state index in [2.05, 4.69) is 22.1 Å². The molecule has 1 aromatic rings. The maximum atomic E-state index is 5.65. The molecule has 0 amide bonds. The molecule has 3 N–H and O–H groups in total. The van der Waals surface area contributed by atoms with Gasteiger partial charge in [-0.05, 0) is 50.5 Å². The van der Waals surface area contributed by atoms with E-state index in [0.717, 1.165) is 18.3 Å². The summed E-state index contributed by atoms with van der Waals surface area (Å²) in [5.74, 6) is 2.24. The molecule has 1 fully saturated rings. The number of nitrogen functional groups attached to an aromatic ring is 1. The molecule has 0 aromatic carbocycles. The number of nitrogens with zero attached hydrogens (tertiary/aromatic N) is 2. The molecule has 1 aromatic heterocycles. The Labute approximate surface area is 103 Å². The molecule has 1 aliphatic rings. The van der Waals surface area contributed by atoms with Gasteiger partial charge in [-0.25, -0.2) is 4.98 Å². The smallest absolute Gasteiger partial charge is 0.128 e. The van der Waals surface area contributed by atoms with Crippen LogP contribution in [0.15, 0.2) is 18.2 Å². The van der Waals surface area contributed by atoms with Crippen LogP contribution in [-0.4, -0.2) is 36.1 Å². The van der Waals surface area contributed by atoms with E-state index < -0.39 is 0 Å². The summed E-state index contributed by atoms with van der Waals surface area (Å²) in [5.41, 5.74) is 5.65. The number of nitrogens with two attached hydrogens (primary N) is 1. The Morgan fingerprint density at radius 1 is 1.41 bits per heavy atom. The summed E-state index contributed by atoms with van der Waals surface area (Å²) in [6.45, 7) is 6.88. The van der Waals surface area contributed by atoms with E-state index in [1.165, 1.54) is 32.5 Å². The molecule has 2 heterocycles. The highest BCUT2D eigenvalue weighted by molar-refractivity contribution is 5.42. The van der Waals surface area contributed by atoms with Crippen LogP contribution in [0.3, 0.4) is 0 Å². The first kappa shape index (κ1) is 12.2. The molecule has 1 saturated heterocycles.